The summed E-state index contributed by atoms with van der Waals surface area (Å²) in [5.41, 5.74) is 2.46. The van der Waals surface area contributed by atoms with Gasteiger partial charge in [-0.15, -0.1) is 0 Å². The summed E-state index contributed by atoms with van der Waals surface area (Å²) in [5, 5.41) is 2.06. The second kappa shape index (κ2) is 11.8. The molecule has 0 aliphatic carbocycles. The van der Waals surface area contributed by atoms with Gasteiger partial charge in [0, 0.05) is 51.5 Å². The van der Waals surface area contributed by atoms with E-state index < -0.39 is 5.60 Å². The van der Waals surface area contributed by atoms with Crippen LogP contribution in [-0.4, -0.2) is 72.1 Å². The first kappa shape index (κ1) is 28.1. The summed E-state index contributed by atoms with van der Waals surface area (Å²) in [5.74, 6) is 1.39. The van der Waals surface area contributed by atoms with E-state index in [4.69, 9.17) is 19.0 Å². The first-order valence-electron chi connectivity index (χ1n) is 13.6. The van der Waals surface area contributed by atoms with Crippen LogP contribution in [0.25, 0.3) is 5.57 Å². The van der Waals surface area contributed by atoms with Crippen molar-refractivity contribution in [2.45, 2.75) is 65.1 Å². The second-order valence-electron chi connectivity index (χ2n) is 10.8. The molecule has 1 saturated heterocycles. The molecule has 1 aromatic carbocycles. The molecule has 2 aliphatic heterocycles. The molecule has 3 heterocycles. The molecule has 2 aliphatic rings. The second-order valence-corrected chi connectivity index (χ2v) is 10.8. The van der Waals surface area contributed by atoms with Gasteiger partial charge in [0.2, 0.25) is 0 Å². The Kier molecular flexibility index (Phi) is 8.75. The Morgan fingerprint density at radius 1 is 1.13 bits per heavy atom. The smallest absolute Gasteiger partial charge is 0.272 e. The van der Waals surface area contributed by atoms with Crippen molar-refractivity contribution in [3.05, 3.63) is 59.4 Å². The molecule has 38 heavy (non-hydrogen) atoms. The quantitative estimate of drug-likeness (QED) is 0.433. The highest BCUT2D eigenvalue weighted by Gasteiger charge is 2.39. The zero-order chi connectivity index (χ0) is 27.3. The largest absolute Gasteiger partial charge is 0.482 e. The molecule has 0 saturated carbocycles. The zero-order valence-electron chi connectivity index (χ0n) is 23.6. The van der Waals surface area contributed by atoms with E-state index in [2.05, 4.69) is 36.9 Å². The van der Waals surface area contributed by atoms with E-state index in [1.54, 1.807) is 18.2 Å². The van der Waals surface area contributed by atoms with Gasteiger partial charge >= 0.3 is 0 Å². The number of methoxy groups -OCH3 is 1. The van der Waals surface area contributed by atoms with E-state index in [9.17, 15) is 4.79 Å². The maximum Gasteiger partial charge on any atom is 0.272 e. The van der Waals surface area contributed by atoms with E-state index in [1.807, 2.05) is 44.2 Å². The van der Waals surface area contributed by atoms with Gasteiger partial charge in [0.25, 0.3) is 5.91 Å². The number of ether oxygens (including phenoxy) is 3. The van der Waals surface area contributed by atoms with Crippen LogP contribution in [0.15, 0.2) is 42.6 Å². The van der Waals surface area contributed by atoms with Crippen molar-refractivity contribution in [2.24, 2.45) is 0 Å². The minimum Gasteiger partial charge on any atom is -0.482 e. The zero-order valence-corrected chi connectivity index (χ0v) is 23.6. The summed E-state index contributed by atoms with van der Waals surface area (Å²) in [7, 11) is 1.60. The number of rotatable bonds is 8. The lowest BCUT2D eigenvalue weighted by atomic mass is 9.84. The molecule has 206 valence electrons. The lowest BCUT2D eigenvalue weighted by Crippen LogP contribution is -2.39. The number of aromatic nitrogens is 1. The average Bonchev–Trinajstić information content (AvgIpc) is 3.08. The van der Waals surface area contributed by atoms with Crippen molar-refractivity contribution in [3.8, 4) is 11.5 Å². The first-order chi connectivity index (χ1) is 18.2. The lowest BCUT2D eigenvalue weighted by Gasteiger charge is -2.37. The fourth-order valence-electron chi connectivity index (χ4n) is 5.10. The molecule has 1 atom stereocenters. The van der Waals surface area contributed by atoms with Crippen molar-refractivity contribution < 1.29 is 23.8 Å². The van der Waals surface area contributed by atoms with Crippen LogP contribution in [0.5, 0.6) is 11.5 Å². The number of amides is 1. The van der Waals surface area contributed by atoms with Crippen LogP contribution < -0.4 is 9.47 Å². The summed E-state index contributed by atoms with van der Waals surface area (Å²) in [6.45, 7) is 13.2. The number of nitrogens with zero attached hydrogens (tertiary/aromatic N) is 3. The van der Waals surface area contributed by atoms with Gasteiger partial charge < -0.3 is 19.1 Å². The van der Waals surface area contributed by atoms with E-state index in [1.165, 1.54) is 0 Å². The maximum atomic E-state index is 12.9. The molecule has 4 rings (SSSR count). The topological polar surface area (TPSA) is 73.4 Å². The minimum absolute atomic E-state index is 0.0637. The molecule has 0 N–H and O–H groups in total. The molecule has 1 aromatic heterocycles. The van der Waals surface area contributed by atoms with Crippen molar-refractivity contribution in [3.63, 3.8) is 0 Å². The Bertz CT molecular complexity index is 1140. The molecule has 1 amide bonds. The van der Waals surface area contributed by atoms with E-state index in [0.717, 1.165) is 54.8 Å². The Morgan fingerprint density at radius 3 is 2.58 bits per heavy atom. The van der Waals surface area contributed by atoms with Gasteiger partial charge in [-0.1, -0.05) is 12.1 Å². The van der Waals surface area contributed by atoms with E-state index in [0.29, 0.717) is 24.5 Å². The SMILES string of the molecule is CCN(CC)C(=O)c1ccc(C2=CC3(CCCN(OC(C)(C)C)CC3)Oc3cccc(OCOC)c32)cn1. The lowest BCUT2D eigenvalue weighted by molar-refractivity contribution is -0.228. The van der Waals surface area contributed by atoms with Crippen molar-refractivity contribution in [1.82, 2.24) is 14.9 Å². The standard InChI is InChI=1S/C30H41N3O5/c1-7-32(8-2)28(34)24-14-13-22(20-31-24)23-19-30(15-10-17-33(18-16-30)38-29(3,4)5)37-26-12-9-11-25(27(23)26)36-21-35-6/h9,11-14,19-20H,7-8,10,15-18,21H2,1-6H3. The fourth-order valence-corrected chi connectivity index (χ4v) is 5.10. The Morgan fingerprint density at radius 2 is 1.92 bits per heavy atom. The van der Waals surface area contributed by atoms with Crippen molar-refractivity contribution in [2.75, 3.05) is 40.1 Å². The van der Waals surface area contributed by atoms with Crippen LogP contribution in [-0.2, 0) is 9.57 Å². The number of carbonyl (C=O) groups excluding carboxylic acids is 1. The van der Waals surface area contributed by atoms with Crippen LogP contribution in [0.4, 0.5) is 0 Å². The number of hydrogen-bond acceptors (Lipinski definition) is 7. The van der Waals surface area contributed by atoms with Crippen LogP contribution in [0.1, 0.15) is 75.5 Å². The van der Waals surface area contributed by atoms with Gasteiger partial charge in [0.15, 0.2) is 6.79 Å². The van der Waals surface area contributed by atoms with Gasteiger partial charge in [-0.25, -0.2) is 0 Å². The molecule has 2 aromatic rings. The van der Waals surface area contributed by atoms with Crippen molar-refractivity contribution >= 4 is 11.5 Å². The Hall–Kier alpha value is -2.94. The molecule has 0 radical (unpaired) electrons. The highest BCUT2D eigenvalue weighted by molar-refractivity contribution is 5.93. The molecular weight excluding hydrogens is 482 g/mol. The molecule has 1 unspecified atom stereocenters. The molecule has 0 bridgehead atoms. The van der Waals surface area contributed by atoms with Crippen LogP contribution >= 0.6 is 0 Å². The minimum atomic E-state index is -0.492. The summed E-state index contributed by atoms with van der Waals surface area (Å²) in [6.07, 6.45) is 6.57. The third-order valence-electron chi connectivity index (χ3n) is 6.85. The number of benzene rings is 1. The predicted octanol–water partition coefficient (Wildman–Crippen LogP) is 5.33. The highest BCUT2D eigenvalue weighted by Crippen LogP contribution is 2.47. The Labute approximate surface area is 226 Å². The van der Waals surface area contributed by atoms with Crippen LogP contribution in [0.2, 0.25) is 0 Å². The molecular formula is C30H41N3O5. The Balaban J connectivity index is 1.72. The van der Waals surface area contributed by atoms with Crippen molar-refractivity contribution in [1.29, 1.82) is 0 Å². The molecule has 1 spiro atoms. The van der Waals surface area contributed by atoms with Gasteiger partial charge in [-0.2, -0.15) is 5.06 Å². The summed E-state index contributed by atoms with van der Waals surface area (Å²) in [4.78, 5) is 25.4. The van der Waals surface area contributed by atoms with E-state index in [-0.39, 0.29) is 18.3 Å². The van der Waals surface area contributed by atoms with Crippen LogP contribution in [0.3, 0.4) is 0 Å². The van der Waals surface area contributed by atoms with Crippen LogP contribution in [0, 0.1) is 0 Å². The van der Waals surface area contributed by atoms with Gasteiger partial charge in [0.1, 0.15) is 22.8 Å². The third kappa shape index (κ3) is 6.37. The summed E-state index contributed by atoms with van der Waals surface area (Å²) in [6, 6.07) is 9.63. The van der Waals surface area contributed by atoms with Gasteiger partial charge in [-0.05, 0) is 77.3 Å². The number of carbonyl (C=O) groups is 1. The normalized spacial score (nSPS) is 19.8. The fraction of sp³-hybridized carbons (Fsp3) is 0.533. The third-order valence-corrected chi connectivity index (χ3v) is 6.85. The highest BCUT2D eigenvalue weighted by atomic mass is 16.7. The molecule has 1 fully saturated rings. The average molecular weight is 524 g/mol. The first-order valence-corrected chi connectivity index (χ1v) is 13.6. The number of hydroxylamine groups is 2. The number of hydrogen-bond donors (Lipinski definition) is 0. The summed E-state index contributed by atoms with van der Waals surface area (Å²) >= 11 is 0. The van der Waals surface area contributed by atoms with Gasteiger partial charge in [0.05, 0.1) is 11.2 Å². The monoisotopic (exact) mass is 523 g/mol. The molecule has 8 nitrogen and oxygen atoms in total. The van der Waals surface area contributed by atoms with E-state index >= 15 is 0 Å². The predicted molar refractivity (Wildman–Crippen MR) is 147 cm³/mol. The summed E-state index contributed by atoms with van der Waals surface area (Å²) < 4.78 is 17.9. The number of pyridine rings is 1. The van der Waals surface area contributed by atoms with Gasteiger partial charge in [-0.3, -0.25) is 14.6 Å². The maximum absolute atomic E-state index is 12.9. The molecule has 8 heteroatoms. The number of fused-ring (bicyclic) bond motifs is 1.